The number of hydrogen-bond donors (Lipinski definition) is 3. The van der Waals surface area contributed by atoms with Crippen molar-refractivity contribution in [3.8, 4) is 11.8 Å². The molecule has 1 saturated heterocycles. The number of aliphatic imine (C=N–C) groups is 1. The van der Waals surface area contributed by atoms with E-state index in [9.17, 15) is 9.90 Å². The van der Waals surface area contributed by atoms with Crippen LogP contribution in [-0.2, 0) is 4.79 Å². The summed E-state index contributed by atoms with van der Waals surface area (Å²) in [6, 6.07) is 0. The Bertz CT molecular complexity index is 883. The lowest BCUT2D eigenvalue weighted by atomic mass is 9.44. The second-order valence-corrected chi connectivity index (χ2v) is 10.1. The van der Waals surface area contributed by atoms with E-state index in [2.05, 4.69) is 41.4 Å². The van der Waals surface area contributed by atoms with Crippen LogP contribution in [0.15, 0.2) is 16.1 Å². The molecule has 7 unspecified atom stereocenters. The van der Waals surface area contributed by atoms with Gasteiger partial charge in [-0.15, -0.1) is 0 Å². The van der Waals surface area contributed by atoms with E-state index in [0.29, 0.717) is 42.2 Å². The molecule has 5 rings (SSSR count). The summed E-state index contributed by atoms with van der Waals surface area (Å²) in [6.07, 6.45) is 4.74. The lowest BCUT2D eigenvalue weighted by Gasteiger charge is -2.61. The second kappa shape index (κ2) is 7.10. The first-order valence-corrected chi connectivity index (χ1v) is 11.6. The number of quaternary nitrogens is 1. The van der Waals surface area contributed by atoms with Gasteiger partial charge in [-0.25, -0.2) is 4.99 Å². The Morgan fingerprint density at radius 2 is 2.30 bits per heavy atom. The van der Waals surface area contributed by atoms with Gasteiger partial charge in [0.05, 0.1) is 25.6 Å². The molecule has 7 atom stereocenters. The first-order chi connectivity index (χ1) is 14.5. The van der Waals surface area contributed by atoms with Gasteiger partial charge in [0.25, 0.3) is 5.96 Å². The maximum Gasteiger partial charge on any atom is 0.296 e. The van der Waals surface area contributed by atoms with Crippen LogP contribution in [0.5, 0.6) is 0 Å². The standard InChI is InChI=1S/C24H34N4O2/c1-15-11-16-5-4-9-27-22(26-3)28-10-7-17(13-25-2)24(14-28)19(16)12-20-18(21(29)30)6-8-23(15,20)24/h15-17,19,25H,6-14H2,1-3H3,(H,26,27)(H,29,30). The lowest BCUT2D eigenvalue weighted by molar-refractivity contribution is -0.830. The minimum Gasteiger partial charge on any atom is -0.545 e. The highest BCUT2D eigenvalue weighted by atomic mass is 16.4. The number of carboxylic acid groups (broad SMARTS) is 1. The summed E-state index contributed by atoms with van der Waals surface area (Å²) in [5.74, 6) is 8.84. The van der Waals surface area contributed by atoms with Crippen LogP contribution in [0.25, 0.3) is 0 Å². The van der Waals surface area contributed by atoms with Gasteiger partial charge in [-0.2, -0.15) is 0 Å². The monoisotopic (exact) mass is 410 g/mol. The van der Waals surface area contributed by atoms with E-state index in [1.807, 2.05) is 7.05 Å². The van der Waals surface area contributed by atoms with Gasteiger partial charge in [0.15, 0.2) is 0 Å². The highest BCUT2D eigenvalue weighted by Crippen LogP contribution is 2.76. The average molecular weight is 411 g/mol. The predicted molar refractivity (Wildman–Crippen MR) is 113 cm³/mol. The number of carbonyl (C=O) groups is 1. The molecule has 6 heteroatoms. The molecule has 0 radical (unpaired) electrons. The van der Waals surface area contributed by atoms with Crippen molar-refractivity contribution in [2.75, 3.05) is 40.3 Å². The van der Waals surface area contributed by atoms with Gasteiger partial charge in [-0.05, 0) is 62.6 Å². The molecule has 0 amide bonds. The Hall–Kier alpha value is -1.84. The smallest absolute Gasteiger partial charge is 0.296 e. The fourth-order valence-electron chi connectivity index (χ4n) is 8.63. The zero-order valence-electron chi connectivity index (χ0n) is 18.4. The van der Waals surface area contributed by atoms with E-state index < -0.39 is 5.97 Å². The van der Waals surface area contributed by atoms with Gasteiger partial charge in [0.2, 0.25) is 0 Å². The molecule has 6 nitrogen and oxygen atoms in total. The summed E-state index contributed by atoms with van der Waals surface area (Å²) in [7, 11) is 3.92. The first kappa shape index (κ1) is 20.1. The summed E-state index contributed by atoms with van der Waals surface area (Å²) in [4.78, 5) is 18.1. The van der Waals surface area contributed by atoms with Crippen LogP contribution in [-0.4, -0.2) is 52.2 Å². The fourth-order valence-corrected chi connectivity index (χ4v) is 8.63. The van der Waals surface area contributed by atoms with Gasteiger partial charge in [-0.3, -0.25) is 4.90 Å². The van der Waals surface area contributed by atoms with Crippen molar-refractivity contribution in [1.82, 2.24) is 10.6 Å². The van der Waals surface area contributed by atoms with Crippen molar-refractivity contribution in [3.05, 3.63) is 11.1 Å². The van der Waals surface area contributed by atoms with Crippen molar-refractivity contribution in [3.63, 3.8) is 0 Å². The Morgan fingerprint density at radius 1 is 1.47 bits per heavy atom. The number of allylic oxidation sites excluding steroid dienone is 1. The molecule has 2 heterocycles. The minimum atomic E-state index is -0.939. The minimum absolute atomic E-state index is 0.0313. The maximum atomic E-state index is 12.1. The number of aliphatic carboxylic acids is 1. The van der Waals surface area contributed by atoms with E-state index in [1.165, 1.54) is 10.5 Å². The Morgan fingerprint density at radius 3 is 3.03 bits per heavy atom. The van der Waals surface area contributed by atoms with E-state index in [1.54, 1.807) is 0 Å². The second-order valence-electron chi connectivity index (χ2n) is 10.1. The lowest BCUT2D eigenvalue weighted by Crippen LogP contribution is -3.19. The van der Waals surface area contributed by atoms with Crippen molar-refractivity contribution >= 4 is 11.9 Å². The normalized spacial score (nSPS) is 45.4. The number of carbonyl (C=O) groups excluding carboxylic acids is 1. The molecule has 3 fully saturated rings. The van der Waals surface area contributed by atoms with Crippen molar-refractivity contribution in [2.24, 2.45) is 39.5 Å². The average Bonchev–Trinajstić information content (AvgIpc) is 3.19. The van der Waals surface area contributed by atoms with Gasteiger partial charge in [0, 0.05) is 30.2 Å². The van der Waals surface area contributed by atoms with Gasteiger partial charge in [0.1, 0.15) is 0 Å². The Labute approximate surface area is 179 Å². The van der Waals surface area contributed by atoms with E-state index >= 15 is 0 Å². The van der Waals surface area contributed by atoms with Crippen LogP contribution in [0.3, 0.4) is 0 Å². The predicted octanol–water partition coefficient (Wildman–Crippen LogP) is -0.808. The number of guanidine groups is 1. The molecular weight excluding hydrogens is 376 g/mol. The van der Waals surface area contributed by atoms with Crippen molar-refractivity contribution in [1.29, 1.82) is 0 Å². The molecule has 5 aliphatic rings. The summed E-state index contributed by atoms with van der Waals surface area (Å²) in [6.45, 7) is 6.09. The number of hydrogen-bond acceptors (Lipinski definition) is 4. The molecule has 5 bridgehead atoms. The van der Waals surface area contributed by atoms with Crippen LogP contribution in [0.4, 0.5) is 0 Å². The quantitative estimate of drug-likeness (QED) is 0.532. The Kier molecular flexibility index (Phi) is 4.75. The largest absolute Gasteiger partial charge is 0.545 e. The van der Waals surface area contributed by atoms with E-state index in [-0.39, 0.29) is 10.8 Å². The van der Waals surface area contributed by atoms with Crippen LogP contribution in [0, 0.1) is 46.3 Å². The Balaban J connectivity index is 1.76. The molecule has 2 saturated carbocycles. The molecule has 30 heavy (non-hydrogen) atoms. The summed E-state index contributed by atoms with van der Waals surface area (Å²) >= 11 is 0. The third-order valence-electron chi connectivity index (χ3n) is 9.44. The summed E-state index contributed by atoms with van der Waals surface area (Å²) in [5.41, 5.74) is 1.87. The van der Waals surface area contributed by atoms with Gasteiger partial charge in [-0.1, -0.05) is 24.3 Å². The third-order valence-corrected chi connectivity index (χ3v) is 9.44. The highest BCUT2D eigenvalue weighted by molar-refractivity contribution is 5.87. The number of nitrogens with zero attached hydrogens (tertiary/aromatic N) is 1. The third kappa shape index (κ3) is 2.39. The molecule has 0 aromatic heterocycles. The number of carboxylic acids is 1. The summed E-state index contributed by atoms with van der Waals surface area (Å²) < 4.78 is 0. The van der Waals surface area contributed by atoms with Crippen molar-refractivity contribution in [2.45, 2.75) is 39.0 Å². The number of rotatable bonds is 3. The van der Waals surface area contributed by atoms with Crippen LogP contribution >= 0.6 is 0 Å². The van der Waals surface area contributed by atoms with Crippen LogP contribution < -0.4 is 20.6 Å². The number of nitrogens with one attached hydrogen (secondary N) is 3. The molecule has 0 aromatic carbocycles. The zero-order chi connectivity index (χ0) is 21.1. The molecule has 2 aliphatic heterocycles. The van der Waals surface area contributed by atoms with Gasteiger partial charge < -0.3 is 20.5 Å². The molecule has 0 aromatic rings. The highest BCUT2D eigenvalue weighted by Gasteiger charge is 2.74. The van der Waals surface area contributed by atoms with Crippen LogP contribution in [0.2, 0.25) is 0 Å². The molecule has 162 valence electrons. The molecule has 2 spiro atoms. The van der Waals surface area contributed by atoms with Crippen LogP contribution in [0.1, 0.15) is 39.0 Å². The summed E-state index contributed by atoms with van der Waals surface area (Å²) in [5, 5.41) is 19.1. The number of piperidine rings is 1. The zero-order valence-corrected chi connectivity index (χ0v) is 18.4. The molecular formula is C24H34N4O2. The first-order valence-electron chi connectivity index (χ1n) is 11.6. The molecule has 3 N–H and O–H groups in total. The topological polar surface area (TPSA) is 81.0 Å². The maximum absolute atomic E-state index is 12.1. The fraction of sp³-hybridized carbons (Fsp3) is 0.750. The van der Waals surface area contributed by atoms with Gasteiger partial charge >= 0.3 is 0 Å². The van der Waals surface area contributed by atoms with E-state index in [4.69, 9.17) is 0 Å². The van der Waals surface area contributed by atoms with Crippen molar-refractivity contribution < 1.29 is 14.8 Å². The molecule has 3 aliphatic carbocycles. The SMILES string of the molecule is CN=C1NCC#CC2CC(C)C34CCC(C(=O)[O-])=C3CC2C42C[NH+]1CCC2CNC. The number of fused-ring (bicyclic) bond motifs is 1. The van der Waals surface area contributed by atoms with E-state index in [0.717, 1.165) is 51.3 Å².